The number of rotatable bonds is 9. The highest BCUT2D eigenvalue weighted by molar-refractivity contribution is 5.22. The number of hydrogen-bond acceptors (Lipinski definition) is 2. The van der Waals surface area contributed by atoms with Gasteiger partial charge < -0.3 is 9.47 Å². The third kappa shape index (κ3) is 6.10. The van der Waals surface area contributed by atoms with Gasteiger partial charge in [-0.15, -0.1) is 0 Å². The molecular formula is C20H32O2. The van der Waals surface area contributed by atoms with Crippen LogP contribution in [0.3, 0.4) is 0 Å². The molecule has 0 aromatic heterocycles. The van der Waals surface area contributed by atoms with Crippen molar-refractivity contribution in [2.45, 2.75) is 71.5 Å². The molecule has 124 valence electrons. The largest absolute Gasteiger partial charge is 0.352 e. The van der Waals surface area contributed by atoms with Gasteiger partial charge in [-0.3, -0.25) is 0 Å². The van der Waals surface area contributed by atoms with Gasteiger partial charge in [-0.1, -0.05) is 57.4 Å². The Morgan fingerprint density at radius 2 is 1.45 bits per heavy atom. The van der Waals surface area contributed by atoms with Crippen molar-refractivity contribution in [3.8, 4) is 0 Å². The molecule has 1 heterocycles. The third-order valence-corrected chi connectivity index (χ3v) is 4.45. The number of ether oxygens (including phenoxy) is 2. The molecule has 0 N–H and O–H groups in total. The van der Waals surface area contributed by atoms with Crippen molar-refractivity contribution >= 4 is 0 Å². The predicted molar refractivity (Wildman–Crippen MR) is 92.1 cm³/mol. The minimum Gasteiger partial charge on any atom is -0.352 e. The van der Waals surface area contributed by atoms with Crippen molar-refractivity contribution in [2.75, 3.05) is 13.2 Å². The molecule has 1 aromatic rings. The lowest BCUT2D eigenvalue weighted by Gasteiger charge is -2.29. The van der Waals surface area contributed by atoms with E-state index in [-0.39, 0.29) is 6.29 Å². The van der Waals surface area contributed by atoms with E-state index in [1.54, 1.807) is 0 Å². The fourth-order valence-electron chi connectivity index (χ4n) is 3.08. The SMILES string of the molecule is CCCc1ccc(CCCCC2COC(CCC)OC2)cc1. The molecule has 0 aliphatic carbocycles. The van der Waals surface area contributed by atoms with Crippen LogP contribution in [0, 0.1) is 5.92 Å². The number of unbranched alkanes of at least 4 members (excludes halogenated alkanes) is 1. The first-order valence-corrected chi connectivity index (χ1v) is 9.12. The van der Waals surface area contributed by atoms with Crippen LogP contribution in [0.4, 0.5) is 0 Å². The fraction of sp³-hybridized carbons (Fsp3) is 0.700. The Labute approximate surface area is 136 Å². The first-order chi connectivity index (χ1) is 10.8. The van der Waals surface area contributed by atoms with Crippen LogP contribution in [-0.2, 0) is 22.3 Å². The first-order valence-electron chi connectivity index (χ1n) is 9.12. The van der Waals surface area contributed by atoms with Crippen molar-refractivity contribution < 1.29 is 9.47 Å². The van der Waals surface area contributed by atoms with Crippen molar-refractivity contribution in [3.05, 3.63) is 35.4 Å². The molecule has 22 heavy (non-hydrogen) atoms. The highest BCUT2D eigenvalue weighted by atomic mass is 16.7. The second kappa shape index (κ2) is 10.0. The Kier molecular flexibility index (Phi) is 7.96. The van der Waals surface area contributed by atoms with Crippen LogP contribution in [0.1, 0.15) is 63.5 Å². The van der Waals surface area contributed by atoms with Crippen molar-refractivity contribution in [1.29, 1.82) is 0 Å². The van der Waals surface area contributed by atoms with Gasteiger partial charge in [-0.25, -0.2) is 0 Å². The quantitative estimate of drug-likeness (QED) is 0.588. The van der Waals surface area contributed by atoms with Gasteiger partial charge in [-0.05, 0) is 43.2 Å². The Bertz CT molecular complexity index is 391. The summed E-state index contributed by atoms with van der Waals surface area (Å²) in [6.45, 7) is 6.18. The van der Waals surface area contributed by atoms with Gasteiger partial charge in [0.1, 0.15) is 0 Å². The van der Waals surface area contributed by atoms with E-state index >= 15 is 0 Å². The standard InChI is InChI=1S/C20H32O2/c1-3-7-17-11-13-18(14-12-17)9-5-6-10-19-15-21-20(8-4-2)22-16-19/h11-14,19-20H,3-10,15-16H2,1-2H3. The fourth-order valence-corrected chi connectivity index (χ4v) is 3.08. The molecule has 1 fully saturated rings. The average Bonchev–Trinajstić information content (AvgIpc) is 2.55. The molecular weight excluding hydrogens is 272 g/mol. The summed E-state index contributed by atoms with van der Waals surface area (Å²) in [6.07, 6.45) is 9.60. The molecule has 1 aliphatic rings. The minimum atomic E-state index is 0.0582. The zero-order chi connectivity index (χ0) is 15.6. The second-order valence-electron chi connectivity index (χ2n) is 6.56. The maximum Gasteiger partial charge on any atom is 0.157 e. The van der Waals surface area contributed by atoms with E-state index in [0.717, 1.165) is 26.1 Å². The average molecular weight is 304 g/mol. The molecule has 0 amide bonds. The van der Waals surface area contributed by atoms with Crippen LogP contribution in [0.5, 0.6) is 0 Å². The van der Waals surface area contributed by atoms with Gasteiger partial charge in [0.25, 0.3) is 0 Å². The topological polar surface area (TPSA) is 18.5 Å². The molecule has 2 nitrogen and oxygen atoms in total. The Morgan fingerprint density at radius 3 is 2.05 bits per heavy atom. The predicted octanol–water partition coefficient (Wildman–Crippen LogP) is 5.14. The van der Waals surface area contributed by atoms with Crippen LogP contribution in [0.15, 0.2) is 24.3 Å². The van der Waals surface area contributed by atoms with Gasteiger partial charge in [0.05, 0.1) is 13.2 Å². The van der Waals surface area contributed by atoms with Gasteiger partial charge in [0, 0.05) is 5.92 Å². The van der Waals surface area contributed by atoms with Crippen LogP contribution in [0.2, 0.25) is 0 Å². The van der Waals surface area contributed by atoms with Crippen LogP contribution >= 0.6 is 0 Å². The maximum absolute atomic E-state index is 5.76. The van der Waals surface area contributed by atoms with Gasteiger partial charge in [0.15, 0.2) is 6.29 Å². The summed E-state index contributed by atoms with van der Waals surface area (Å²) >= 11 is 0. The zero-order valence-electron chi connectivity index (χ0n) is 14.4. The first kappa shape index (κ1) is 17.5. The second-order valence-corrected chi connectivity index (χ2v) is 6.56. The lowest BCUT2D eigenvalue weighted by Crippen LogP contribution is -2.31. The summed E-state index contributed by atoms with van der Waals surface area (Å²) in [4.78, 5) is 0. The molecule has 1 aliphatic heterocycles. The minimum absolute atomic E-state index is 0.0582. The molecule has 0 atom stereocenters. The Balaban J connectivity index is 1.57. The van der Waals surface area contributed by atoms with E-state index in [0.29, 0.717) is 5.92 Å². The highest BCUT2D eigenvalue weighted by Crippen LogP contribution is 2.20. The van der Waals surface area contributed by atoms with Crippen LogP contribution in [-0.4, -0.2) is 19.5 Å². The lowest BCUT2D eigenvalue weighted by atomic mass is 9.99. The number of aryl methyl sites for hydroxylation is 2. The molecule has 0 radical (unpaired) electrons. The zero-order valence-corrected chi connectivity index (χ0v) is 14.4. The molecule has 0 spiro atoms. The summed E-state index contributed by atoms with van der Waals surface area (Å²) in [5.74, 6) is 0.597. The Morgan fingerprint density at radius 1 is 0.818 bits per heavy atom. The van der Waals surface area contributed by atoms with Crippen molar-refractivity contribution in [3.63, 3.8) is 0 Å². The van der Waals surface area contributed by atoms with E-state index in [4.69, 9.17) is 9.47 Å². The summed E-state index contributed by atoms with van der Waals surface area (Å²) in [7, 11) is 0. The summed E-state index contributed by atoms with van der Waals surface area (Å²) in [6, 6.07) is 9.17. The molecule has 1 aromatic carbocycles. The van der Waals surface area contributed by atoms with Crippen molar-refractivity contribution in [1.82, 2.24) is 0 Å². The third-order valence-electron chi connectivity index (χ3n) is 4.45. The lowest BCUT2D eigenvalue weighted by molar-refractivity contribution is -0.203. The van der Waals surface area contributed by atoms with E-state index in [1.807, 2.05) is 0 Å². The summed E-state index contributed by atoms with van der Waals surface area (Å²) < 4.78 is 11.5. The van der Waals surface area contributed by atoms with Gasteiger partial charge in [0.2, 0.25) is 0 Å². The maximum atomic E-state index is 5.76. The molecule has 1 saturated heterocycles. The number of benzene rings is 1. The van der Waals surface area contributed by atoms with E-state index < -0.39 is 0 Å². The Hall–Kier alpha value is -0.860. The highest BCUT2D eigenvalue weighted by Gasteiger charge is 2.20. The molecule has 2 heteroatoms. The van der Waals surface area contributed by atoms with E-state index in [2.05, 4.69) is 38.1 Å². The molecule has 0 unspecified atom stereocenters. The van der Waals surface area contributed by atoms with E-state index in [9.17, 15) is 0 Å². The normalized spacial score (nSPS) is 21.9. The molecule has 0 bridgehead atoms. The molecule has 0 saturated carbocycles. The summed E-state index contributed by atoms with van der Waals surface area (Å²) in [5, 5.41) is 0. The van der Waals surface area contributed by atoms with Crippen LogP contribution in [0.25, 0.3) is 0 Å². The van der Waals surface area contributed by atoms with Crippen molar-refractivity contribution in [2.24, 2.45) is 5.92 Å². The van der Waals surface area contributed by atoms with E-state index in [1.165, 1.54) is 49.7 Å². The monoisotopic (exact) mass is 304 g/mol. The van der Waals surface area contributed by atoms with Crippen LogP contribution < -0.4 is 0 Å². The number of hydrogen-bond donors (Lipinski definition) is 0. The van der Waals surface area contributed by atoms with Gasteiger partial charge >= 0.3 is 0 Å². The van der Waals surface area contributed by atoms with Gasteiger partial charge in [-0.2, -0.15) is 0 Å². The molecule has 2 rings (SSSR count). The summed E-state index contributed by atoms with van der Waals surface area (Å²) in [5.41, 5.74) is 2.93. The smallest absolute Gasteiger partial charge is 0.157 e.